The summed E-state index contributed by atoms with van der Waals surface area (Å²) in [7, 11) is 0. The van der Waals surface area contributed by atoms with Gasteiger partial charge in [-0.1, -0.05) is 18.9 Å². The van der Waals surface area contributed by atoms with Crippen molar-refractivity contribution in [3.63, 3.8) is 0 Å². The van der Waals surface area contributed by atoms with E-state index < -0.39 is 0 Å². The van der Waals surface area contributed by atoms with Gasteiger partial charge in [-0.05, 0) is 38.3 Å². The maximum absolute atomic E-state index is 12.7. The minimum atomic E-state index is -0.194. The highest BCUT2D eigenvalue weighted by Gasteiger charge is 2.23. The number of nitrogens with one attached hydrogen (secondary N) is 1. The Labute approximate surface area is 140 Å². The average molecular weight is 323 g/mol. The van der Waals surface area contributed by atoms with Gasteiger partial charge in [0.25, 0.3) is 5.91 Å². The first-order valence-corrected chi connectivity index (χ1v) is 8.43. The van der Waals surface area contributed by atoms with Crippen LogP contribution in [0.5, 0.6) is 0 Å². The van der Waals surface area contributed by atoms with Crippen molar-refractivity contribution in [2.75, 3.05) is 5.32 Å². The largest absolute Gasteiger partial charge is 0.306 e. The molecule has 0 atom stereocenters. The summed E-state index contributed by atoms with van der Waals surface area (Å²) in [6.45, 7) is 3.96. The fraction of sp³-hybridized carbons (Fsp3) is 0.389. The lowest BCUT2D eigenvalue weighted by Crippen LogP contribution is -2.18. The molecule has 3 heterocycles. The molecule has 1 N–H and O–H groups in total. The predicted octanol–water partition coefficient (Wildman–Crippen LogP) is 3.52. The topological polar surface area (TPSA) is 64.2 Å². The summed E-state index contributed by atoms with van der Waals surface area (Å²) >= 11 is 0. The van der Waals surface area contributed by atoms with Crippen LogP contribution in [0, 0.1) is 13.8 Å². The first kappa shape index (κ1) is 14.9. The van der Waals surface area contributed by atoms with Crippen LogP contribution in [-0.4, -0.2) is 25.1 Å². The number of carbonyl (C=O) groups is 1. The standard InChI is InChI=1S/C18H21N5O/c1-12-6-5-9-22-11-15(20-16(12)22)18(24)21-17-13(2)10-19-23(17)14-7-3-4-8-14/h5-6,9-11,14H,3-4,7-8H2,1-2H3,(H,21,24). The second-order valence-corrected chi connectivity index (χ2v) is 6.56. The third-order valence-corrected chi connectivity index (χ3v) is 4.79. The Morgan fingerprint density at radius 1 is 1.25 bits per heavy atom. The van der Waals surface area contributed by atoms with Gasteiger partial charge >= 0.3 is 0 Å². The van der Waals surface area contributed by atoms with E-state index in [-0.39, 0.29) is 5.91 Å². The van der Waals surface area contributed by atoms with Crippen molar-refractivity contribution in [2.45, 2.75) is 45.6 Å². The highest BCUT2D eigenvalue weighted by molar-refractivity contribution is 6.03. The molecule has 0 bridgehead atoms. The van der Waals surface area contributed by atoms with Gasteiger partial charge in [-0.3, -0.25) is 4.79 Å². The Balaban J connectivity index is 1.64. The maximum Gasteiger partial charge on any atom is 0.277 e. The third-order valence-electron chi connectivity index (χ3n) is 4.79. The first-order valence-electron chi connectivity index (χ1n) is 8.43. The number of pyridine rings is 1. The molecule has 0 saturated heterocycles. The number of rotatable bonds is 3. The van der Waals surface area contributed by atoms with Crippen LogP contribution in [0.1, 0.15) is 53.3 Å². The number of hydrogen-bond donors (Lipinski definition) is 1. The summed E-state index contributed by atoms with van der Waals surface area (Å²) in [4.78, 5) is 17.2. The monoisotopic (exact) mass is 323 g/mol. The zero-order chi connectivity index (χ0) is 16.7. The smallest absolute Gasteiger partial charge is 0.277 e. The summed E-state index contributed by atoms with van der Waals surface area (Å²) in [5, 5.41) is 7.50. The van der Waals surface area contributed by atoms with Crippen LogP contribution >= 0.6 is 0 Å². The molecule has 1 fully saturated rings. The molecule has 1 amide bonds. The summed E-state index contributed by atoms with van der Waals surface area (Å²) < 4.78 is 3.85. The summed E-state index contributed by atoms with van der Waals surface area (Å²) in [5.41, 5.74) is 3.26. The number of hydrogen-bond acceptors (Lipinski definition) is 3. The van der Waals surface area contributed by atoms with Crippen molar-refractivity contribution in [1.82, 2.24) is 19.2 Å². The van der Waals surface area contributed by atoms with Gasteiger partial charge in [0.05, 0.1) is 12.2 Å². The van der Waals surface area contributed by atoms with Crippen LogP contribution in [0.25, 0.3) is 5.65 Å². The molecule has 124 valence electrons. The number of anilines is 1. The summed E-state index contributed by atoms with van der Waals surface area (Å²) in [5.74, 6) is 0.599. The van der Waals surface area contributed by atoms with E-state index in [4.69, 9.17) is 0 Å². The van der Waals surface area contributed by atoms with Crippen LogP contribution in [0.3, 0.4) is 0 Å². The second-order valence-electron chi connectivity index (χ2n) is 6.56. The van der Waals surface area contributed by atoms with Crippen molar-refractivity contribution < 1.29 is 4.79 Å². The zero-order valence-corrected chi connectivity index (χ0v) is 14.0. The van der Waals surface area contributed by atoms with Crippen LogP contribution < -0.4 is 5.32 Å². The van der Waals surface area contributed by atoms with Gasteiger partial charge in [-0.2, -0.15) is 5.10 Å². The van der Waals surface area contributed by atoms with Gasteiger partial charge in [-0.15, -0.1) is 0 Å². The van der Waals surface area contributed by atoms with E-state index >= 15 is 0 Å². The van der Waals surface area contributed by atoms with Gasteiger partial charge in [0.2, 0.25) is 0 Å². The normalized spacial score (nSPS) is 15.2. The number of fused-ring (bicyclic) bond motifs is 1. The molecule has 1 aliphatic rings. The molecule has 0 aromatic carbocycles. The van der Waals surface area contributed by atoms with Gasteiger partial charge in [0.1, 0.15) is 17.2 Å². The molecule has 6 nitrogen and oxygen atoms in total. The lowest BCUT2D eigenvalue weighted by molar-refractivity contribution is 0.102. The van der Waals surface area contributed by atoms with E-state index in [1.54, 1.807) is 6.20 Å². The number of imidazole rings is 1. The Hall–Kier alpha value is -2.63. The van der Waals surface area contributed by atoms with E-state index in [2.05, 4.69) is 15.4 Å². The minimum Gasteiger partial charge on any atom is -0.306 e. The van der Waals surface area contributed by atoms with Crippen molar-refractivity contribution in [3.05, 3.63) is 47.5 Å². The lowest BCUT2D eigenvalue weighted by atomic mass is 10.2. The van der Waals surface area contributed by atoms with E-state index in [1.165, 1.54) is 12.8 Å². The maximum atomic E-state index is 12.7. The van der Waals surface area contributed by atoms with Crippen molar-refractivity contribution in [2.24, 2.45) is 0 Å². The van der Waals surface area contributed by atoms with Gasteiger partial charge < -0.3 is 9.72 Å². The van der Waals surface area contributed by atoms with E-state index in [1.807, 2.05) is 47.5 Å². The highest BCUT2D eigenvalue weighted by Crippen LogP contribution is 2.32. The van der Waals surface area contributed by atoms with E-state index in [0.717, 1.165) is 35.4 Å². The van der Waals surface area contributed by atoms with E-state index in [9.17, 15) is 4.79 Å². The molecule has 1 saturated carbocycles. The number of nitrogens with zero attached hydrogens (tertiary/aromatic N) is 4. The molecule has 3 aromatic rings. The van der Waals surface area contributed by atoms with Gasteiger partial charge in [-0.25, -0.2) is 9.67 Å². The Morgan fingerprint density at radius 3 is 2.79 bits per heavy atom. The summed E-state index contributed by atoms with van der Waals surface area (Å²) in [6.07, 6.45) is 10.2. The number of aryl methyl sites for hydroxylation is 2. The quantitative estimate of drug-likeness (QED) is 0.802. The molecule has 4 rings (SSSR count). The molecule has 6 heteroatoms. The lowest BCUT2D eigenvalue weighted by Gasteiger charge is -2.15. The molecule has 0 spiro atoms. The molecule has 24 heavy (non-hydrogen) atoms. The Morgan fingerprint density at radius 2 is 2.04 bits per heavy atom. The molecule has 0 unspecified atom stereocenters. The SMILES string of the molecule is Cc1cnn(C2CCCC2)c1NC(=O)c1cn2cccc(C)c2n1. The fourth-order valence-electron chi connectivity index (χ4n) is 3.46. The first-order chi connectivity index (χ1) is 11.6. The van der Waals surface area contributed by atoms with Crippen molar-refractivity contribution in [1.29, 1.82) is 0 Å². The number of aromatic nitrogens is 4. The third kappa shape index (κ3) is 2.48. The van der Waals surface area contributed by atoms with Crippen molar-refractivity contribution in [3.8, 4) is 0 Å². The van der Waals surface area contributed by atoms with Crippen molar-refractivity contribution >= 4 is 17.4 Å². The predicted molar refractivity (Wildman–Crippen MR) is 92.4 cm³/mol. The van der Waals surface area contributed by atoms with Crippen LogP contribution in [-0.2, 0) is 0 Å². The minimum absolute atomic E-state index is 0.194. The molecular formula is C18H21N5O. The Bertz CT molecular complexity index is 901. The van der Waals surface area contributed by atoms with Crippen LogP contribution in [0.4, 0.5) is 5.82 Å². The van der Waals surface area contributed by atoms with Gasteiger partial charge in [0.15, 0.2) is 0 Å². The molecule has 0 aliphatic heterocycles. The average Bonchev–Trinajstić information content (AvgIpc) is 3.28. The number of carbonyl (C=O) groups excluding carboxylic acids is 1. The highest BCUT2D eigenvalue weighted by atomic mass is 16.2. The Kier molecular flexibility index (Phi) is 3.59. The molecular weight excluding hydrogens is 302 g/mol. The van der Waals surface area contributed by atoms with Gasteiger partial charge in [0, 0.05) is 18.0 Å². The number of amides is 1. The molecule has 0 radical (unpaired) electrons. The molecule has 3 aromatic heterocycles. The molecule has 1 aliphatic carbocycles. The van der Waals surface area contributed by atoms with E-state index in [0.29, 0.717) is 11.7 Å². The zero-order valence-electron chi connectivity index (χ0n) is 14.0. The fourth-order valence-corrected chi connectivity index (χ4v) is 3.46. The summed E-state index contributed by atoms with van der Waals surface area (Å²) in [6, 6.07) is 4.33. The van der Waals surface area contributed by atoms with Crippen LogP contribution in [0.2, 0.25) is 0 Å². The van der Waals surface area contributed by atoms with Crippen LogP contribution in [0.15, 0.2) is 30.7 Å². The second kappa shape index (κ2) is 5.78.